The number of halogens is 3. The molecule has 2 aromatic rings. The van der Waals surface area contributed by atoms with Crippen molar-refractivity contribution in [2.75, 3.05) is 16.8 Å². The van der Waals surface area contributed by atoms with Gasteiger partial charge >= 0.3 is 6.36 Å². The van der Waals surface area contributed by atoms with Gasteiger partial charge in [-0.05, 0) is 36.4 Å². The van der Waals surface area contributed by atoms with Gasteiger partial charge in [-0.2, -0.15) is 0 Å². The maximum atomic E-state index is 12.6. The number of anilines is 2. The van der Waals surface area contributed by atoms with Crippen LogP contribution in [0, 0.1) is 0 Å². The van der Waals surface area contributed by atoms with Crippen molar-refractivity contribution in [1.29, 1.82) is 0 Å². The van der Waals surface area contributed by atoms with Crippen molar-refractivity contribution in [1.82, 2.24) is 0 Å². The highest BCUT2D eigenvalue weighted by Gasteiger charge is 2.31. The number of hydrogen-bond donors (Lipinski definition) is 1. The van der Waals surface area contributed by atoms with Crippen molar-refractivity contribution in [2.24, 2.45) is 0 Å². The van der Waals surface area contributed by atoms with Crippen molar-refractivity contribution >= 4 is 23.2 Å². The first-order chi connectivity index (χ1) is 11.3. The predicted octanol–water partition coefficient (Wildman–Crippen LogP) is 3.18. The van der Waals surface area contributed by atoms with Crippen LogP contribution in [0.25, 0.3) is 0 Å². The molecule has 0 bridgehead atoms. The zero-order valence-electron chi connectivity index (χ0n) is 12.1. The first-order valence-corrected chi connectivity index (χ1v) is 6.90. The van der Waals surface area contributed by atoms with Crippen LogP contribution in [-0.4, -0.2) is 24.7 Å². The van der Waals surface area contributed by atoms with Gasteiger partial charge in [0.1, 0.15) is 12.3 Å². The average Bonchev–Trinajstić information content (AvgIpc) is 2.52. The van der Waals surface area contributed by atoms with Crippen molar-refractivity contribution in [3.05, 3.63) is 54.1 Å². The summed E-state index contributed by atoms with van der Waals surface area (Å²) in [7, 11) is 0. The predicted molar refractivity (Wildman–Crippen MR) is 79.9 cm³/mol. The summed E-state index contributed by atoms with van der Waals surface area (Å²) in [5, 5.41) is 2.65. The van der Waals surface area contributed by atoms with E-state index in [1.807, 2.05) is 0 Å². The summed E-state index contributed by atoms with van der Waals surface area (Å²) in [6.07, 6.45) is -4.80. The van der Waals surface area contributed by atoms with Gasteiger partial charge in [-0.1, -0.05) is 12.1 Å². The molecule has 0 spiro atoms. The number of carbonyl (C=O) groups is 2. The first kappa shape index (κ1) is 15.9. The highest BCUT2D eigenvalue weighted by atomic mass is 19.4. The second-order valence-electron chi connectivity index (χ2n) is 5.03. The van der Waals surface area contributed by atoms with Gasteiger partial charge in [-0.3, -0.25) is 14.5 Å². The van der Waals surface area contributed by atoms with Crippen molar-refractivity contribution in [3.63, 3.8) is 0 Å². The Labute approximate surface area is 134 Å². The van der Waals surface area contributed by atoms with E-state index in [1.54, 1.807) is 24.3 Å². The third-order valence-electron chi connectivity index (χ3n) is 3.35. The fourth-order valence-electron chi connectivity index (χ4n) is 2.37. The second-order valence-corrected chi connectivity index (χ2v) is 5.03. The van der Waals surface area contributed by atoms with Gasteiger partial charge < -0.3 is 10.1 Å². The van der Waals surface area contributed by atoms with Crippen LogP contribution >= 0.6 is 0 Å². The largest absolute Gasteiger partial charge is 0.573 e. The summed E-state index contributed by atoms with van der Waals surface area (Å²) < 4.78 is 40.2. The Morgan fingerprint density at radius 3 is 2.42 bits per heavy atom. The number of nitrogens with zero attached hydrogens (tertiary/aromatic N) is 1. The van der Waals surface area contributed by atoms with Crippen LogP contribution in [0.3, 0.4) is 0 Å². The molecule has 0 radical (unpaired) electrons. The van der Waals surface area contributed by atoms with Crippen LogP contribution in [0.4, 0.5) is 24.5 Å². The van der Waals surface area contributed by atoms with Gasteiger partial charge in [0, 0.05) is 5.56 Å². The lowest BCUT2D eigenvalue weighted by Gasteiger charge is -2.29. The van der Waals surface area contributed by atoms with Gasteiger partial charge in [0.05, 0.1) is 11.4 Å². The Morgan fingerprint density at radius 2 is 1.75 bits per heavy atom. The number of amides is 2. The normalized spacial score (nSPS) is 14.0. The summed E-state index contributed by atoms with van der Waals surface area (Å²) in [6.45, 7) is -0.170. The smallest absolute Gasteiger partial charge is 0.406 e. The quantitative estimate of drug-likeness (QED) is 0.916. The summed E-state index contributed by atoms with van der Waals surface area (Å²) >= 11 is 0. The summed E-state index contributed by atoms with van der Waals surface area (Å²) in [5.74, 6) is -1.26. The van der Waals surface area contributed by atoms with Gasteiger partial charge in [0.15, 0.2) is 0 Å². The third-order valence-corrected chi connectivity index (χ3v) is 3.35. The van der Waals surface area contributed by atoms with Crippen molar-refractivity contribution in [2.45, 2.75) is 6.36 Å². The minimum Gasteiger partial charge on any atom is -0.406 e. The molecule has 0 saturated heterocycles. The molecule has 3 rings (SSSR count). The number of alkyl halides is 3. The summed E-state index contributed by atoms with van der Waals surface area (Å²) in [5.41, 5.74) is 1.17. The maximum Gasteiger partial charge on any atom is 0.573 e. The van der Waals surface area contributed by atoms with Gasteiger partial charge in [0.25, 0.3) is 5.91 Å². The van der Waals surface area contributed by atoms with E-state index in [1.165, 1.54) is 17.0 Å². The number of nitrogens with one attached hydrogen (secondary N) is 1. The summed E-state index contributed by atoms with van der Waals surface area (Å²) in [4.78, 5) is 25.6. The zero-order chi connectivity index (χ0) is 17.3. The number of para-hydroxylation sites is 2. The monoisotopic (exact) mass is 336 g/mol. The van der Waals surface area contributed by atoms with Crippen LogP contribution in [0.1, 0.15) is 10.4 Å². The molecule has 0 atom stereocenters. The van der Waals surface area contributed by atoms with Crippen LogP contribution < -0.4 is 15.0 Å². The molecule has 1 heterocycles. The molecule has 0 fully saturated rings. The van der Waals surface area contributed by atoms with Crippen LogP contribution in [-0.2, 0) is 4.79 Å². The van der Waals surface area contributed by atoms with Crippen LogP contribution in [0.2, 0.25) is 0 Å². The average molecular weight is 336 g/mol. The van der Waals surface area contributed by atoms with Gasteiger partial charge in [0.2, 0.25) is 5.91 Å². The topological polar surface area (TPSA) is 58.6 Å². The Morgan fingerprint density at radius 1 is 1.08 bits per heavy atom. The van der Waals surface area contributed by atoms with Crippen molar-refractivity contribution < 1.29 is 27.5 Å². The molecule has 1 aliphatic rings. The minimum absolute atomic E-state index is 0.147. The first-order valence-electron chi connectivity index (χ1n) is 6.90. The number of ether oxygens (including phenoxy) is 1. The lowest BCUT2D eigenvalue weighted by atomic mass is 10.1. The van der Waals surface area contributed by atoms with E-state index in [2.05, 4.69) is 10.1 Å². The Balaban J connectivity index is 1.86. The van der Waals surface area contributed by atoms with Crippen LogP contribution in [0.5, 0.6) is 5.75 Å². The number of benzene rings is 2. The van der Waals surface area contributed by atoms with Crippen molar-refractivity contribution in [3.8, 4) is 5.75 Å². The molecule has 0 aliphatic carbocycles. The molecular weight excluding hydrogens is 325 g/mol. The van der Waals surface area contributed by atoms with E-state index < -0.39 is 18.0 Å². The molecule has 24 heavy (non-hydrogen) atoms. The maximum absolute atomic E-state index is 12.6. The highest BCUT2D eigenvalue weighted by Crippen LogP contribution is 2.30. The molecule has 1 N–H and O–H groups in total. The molecule has 124 valence electrons. The Bertz CT molecular complexity index is 788. The lowest BCUT2D eigenvalue weighted by molar-refractivity contribution is -0.274. The van der Waals surface area contributed by atoms with Gasteiger partial charge in [-0.15, -0.1) is 13.2 Å². The fraction of sp³-hybridized carbons (Fsp3) is 0.125. The number of carbonyl (C=O) groups excluding carboxylic acids is 2. The Hall–Kier alpha value is -3.03. The van der Waals surface area contributed by atoms with E-state index in [-0.39, 0.29) is 18.0 Å². The van der Waals surface area contributed by atoms with Gasteiger partial charge in [-0.25, -0.2) is 0 Å². The fourth-order valence-corrected chi connectivity index (χ4v) is 2.37. The van der Waals surface area contributed by atoms with E-state index in [4.69, 9.17) is 0 Å². The van der Waals surface area contributed by atoms with Crippen LogP contribution in [0.15, 0.2) is 48.5 Å². The second kappa shape index (κ2) is 5.88. The molecular formula is C16H11F3N2O3. The van der Waals surface area contributed by atoms with E-state index >= 15 is 0 Å². The lowest BCUT2D eigenvalue weighted by Crippen LogP contribution is -2.42. The number of hydrogen-bond acceptors (Lipinski definition) is 3. The molecule has 2 aromatic carbocycles. The molecule has 0 aromatic heterocycles. The SMILES string of the molecule is O=C1CN(C(=O)c2ccc(OC(F)(F)F)cc2)c2ccccc2N1. The van der Waals surface area contributed by atoms with E-state index in [9.17, 15) is 22.8 Å². The Kier molecular flexibility index (Phi) is 3.88. The number of fused-ring (bicyclic) bond motifs is 1. The minimum atomic E-state index is -4.80. The molecule has 2 amide bonds. The standard InChI is InChI=1S/C16H11F3N2O3/c17-16(18,19)24-11-7-5-10(6-8-11)15(23)21-9-14(22)20-12-3-1-2-4-13(12)21/h1-8H,9H2,(H,20,22). The van der Waals surface area contributed by atoms with E-state index in [0.717, 1.165) is 12.1 Å². The third kappa shape index (κ3) is 3.32. The van der Waals surface area contributed by atoms with E-state index in [0.29, 0.717) is 11.4 Å². The molecule has 0 unspecified atom stereocenters. The summed E-state index contributed by atoms with van der Waals surface area (Å²) in [6, 6.07) is 11.3. The number of rotatable bonds is 2. The molecule has 5 nitrogen and oxygen atoms in total. The molecule has 1 aliphatic heterocycles. The molecule has 0 saturated carbocycles. The zero-order valence-corrected chi connectivity index (χ0v) is 12.1. The highest BCUT2D eigenvalue weighted by molar-refractivity contribution is 6.15. The molecule has 8 heteroatoms.